The molecule has 0 spiro atoms. The van der Waals surface area contributed by atoms with Crippen molar-refractivity contribution in [2.75, 3.05) is 13.2 Å². The minimum absolute atomic E-state index is 0.406. The fourth-order valence-electron chi connectivity index (χ4n) is 1.86. The van der Waals surface area contributed by atoms with Crippen LogP contribution >= 0.6 is 0 Å². The number of esters is 2. The predicted octanol–water partition coefficient (Wildman–Crippen LogP) is 8.25. The molecule has 0 fully saturated rings. The molecule has 282 valence electrons. The second-order valence-corrected chi connectivity index (χ2v) is 8.61. The first-order chi connectivity index (χ1) is 20.6. The van der Waals surface area contributed by atoms with E-state index in [0.29, 0.717) is 0 Å². The number of halogens is 20. The number of alkyl halides is 20. The van der Waals surface area contributed by atoms with Crippen molar-refractivity contribution in [3.05, 3.63) is 36.5 Å². The Morgan fingerprint density at radius 3 is 0.896 bits per heavy atom. The summed E-state index contributed by atoms with van der Waals surface area (Å²) in [4.78, 5) is 31.1. The lowest BCUT2D eigenvalue weighted by Crippen LogP contribution is -2.54. The van der Waals surface area contributed by atoms with Gasteiger partial charge in [0.05, 0.1) is 5.57 Å². The Hall–Kier alpha value is -3.77. The van der Waals surface area contributed by atoms with Crippen LogP contribution in [0, 0.1) is 5.92 Å². The van der Waals surface area contributed by atoms with Crippen LogP contribution in [0.5, 0.6) is 0 Å². The zero-order valence-corrected chi connectivity index (χ0v) is 23.2. The lowest BCUT2D eigenvalue weighted by Gasteiger charge is -2.27. The number of rotatable bonds is 10. The minimum Gasteiger partial charge on any atom is -0.478 e. The second-order valence-electron chi connectivity index (χ2n) is 8.61. The van der Waals surface area contributed by atoms with E-state index in [4.69, 9.17) is 5.11 Å². The number of carboxylic acid groups (broad SMARTS) is 1. The fraction of sp³-hybridized carbons (Fsp3) is 0.591. The van der Waals surface area contributed by atoms with Crippen LogP contribution in [-0.4, -0.2) is 84.6 Å². The molecule has 0 aromatic heterocycles. The number of ether oxygens (including phenoxy) is 2. The van der Waals surface area contributed by atoms with Crippen LogP contribution in [0.3, 0.4) is 0 Å². The molecule has 0 unspecified atom stereocenters. The van der Waals surface area contributed by atoms with E-state index in [1.165, 1.54) is 0 Å². The Kier molecular flexibility index (Phi) is 16.3. The van der Waals surface area contributed by atoms with Gasteiger partial charge in [-0.05, 0) is 13.8 Å². The van der Waals surface area contributed by atoms with E-state index in [1.807, 2.05) is 0 Å². The van der Waals surface area contributed by atoms with Crippen molar-refractivity contribution in [1.29, 1.82) is 0 Å². The molecular weight excluding hydrogens is 740 g/mol. The quantitative estimate of drug-likeness (QED) is 0.137. The summed E-state index contributed by atoms with van der Waals surface area (Å²) in [5.41, 5.74) is -2.75. The molecule has 0 rings (SSSR count). The first-order valence-electron chi connectivity index (χ1n) is 11.0. The highest BCUT2D eigenvalue weighted by molar-refractivity contribution is 5.87. The van der Waals surface area contributed by atoms with Crippen LogP contribution in [-0.2, 0) is 23.9 Å². The predicted molar refractivity (Wildman–Crippen MR) is 116 cm³/mol. The first-order valence-corrected chi connectivity index (χ1v) is 11.0. The molecule has 0 atom stereocenters. The number of hydrogen-bond acceptors (Lipinski definition) is 5. The van der Waals surface area contributed by atoms with E-state index in [-0.39, 0.29) is 0 Å². The summed E-state index contributed by atoms with van der Waals surface area (Å²) in [6.45, 7) is 5.39. The number of carboxylic acids is 1. The highest BCUT2D eigenvalue weighted by Crippen LogP contribution is 2.48. The monoisotopic (exact) mass is 758 g/mol. The van der Waals surface area contributed by atoms with Gasteiger partial charge in [0.15, 0.2) is 19.1 Å². The summed E-state index contributed by atoms with van der Waals surface area (Å²) in [6, 6.07) is 0. The van der Waals surface area contributed by atoms with E-state index in [2.05, 4.69) is 29.2 Å². The van der Waals surface area contributed by atoms with Gasteiger partial charge in [-0.2, -0.15) is 87.8 Å². The van der Waals surface area contributed by atoms with Crippen LogP contribution < -0.4 is 0 Å². The van der Waals surface area contributed by atoms with Gasteiger partial charge in [-0.25, -0.2) is 14.4 Å². The molecule has 0 aromatic rings. The van der Waals surface area contributed by atoms with Crippen LogP contribution in [0.1, 0.15) is 13.8 Å². The summed E-state index contributed by atoms with van der Waals surface area (Å²) in [5, 5.41) is 7.98. The molecule has 0 aromatic carbocycles. The summed E-state index contributed by atoms with van der Waals surface area (Å²) in [6.07, 6.45) is -24.3. The molecule has 48 heavy (non-hydrogen) atoms. The van der Waals surface area contributed by atoms with E-state index in [1.54, 1.807) is 0 Å². The van der Waals surface area contributed by atoms with Gasteiger partial charge in [-0.1, -0.05) is 19.7 Å². The molecule has 0 heterocycles. The molecule has 0 bridgehead atoms. The Labute approximate surface area is 253 Å². The number of aliphatic carboxylic acids is 1. The highest BCUT2D eigenvalue weighted by atomic mass is 19.4. The Morgan fingerprint density at radius 2 is 0.771 bits per heavy atom. The van der Waals surface area contributed by atoms with Gasteiger partial charge in [-0.15, -0.1) is 0 Å². The molecule has 0 saturated carbocycles. The third-order valence-corrected chi connectivity index (χ3v) is 4.37. The van der Waals surface area contributed by atoms with Crippen molar-refractivity contribution < 1.29 is 117 Å². The van der Waals surface area contributed by atoms with Gasteiger partial charge in [0.2, 0.25) is 0 Å². The normalized spacial score (nSPS) is 13.3. The molecule has 0 aliphatic carbocycles. The maximum atomic E-state index is 12.5. The molecule has 0 radical (unpaired) electrons. The highest BCUT2D eigenvalue weighted by Gasteiger charge is 2.74. The Morgan fingerprint density at radius 1 is 0.542 bits per heavy atom. The van der Waals surface area contributed by atoms with Crippen molar-refractivity contribution in [2.45, 2.75) is 62.2 Å². The van der Waals surface area contributed by atoms with Crippen LogP contribution in [0.4, 0.5) is 87.8 Å². The van der Waals surface area contributed by atoms with Crippen LogP contribution in [0.25, 0.3) is 0 Å². The largest absolute Gasteiger partial charge is 0.478 e. The molecule has 0 saturated heterocycles. The van der Waals surface area contributed by atoms with E-state index in [0.717, 1.165) is 13.8 Å². The van der Waals surface area contributed by atoms with Crippen molar-refractivity contribution in [1.82, 2.24) is 0 Å². The topological polar surface area (TPSA) is 89.9 Å². The molecule has 0 amide bonds. The molecule has 26 heteroatoms. The number of carbonyl (C=O) groups is 3. The minimum atomic E-state index is -6.44. The first kappa shape index (κ1) is 48.6. The van der Waals surface area contributed by atoms with Gasteiger partial charge in [-0.3, -0.25) is 0 Å². The van der Waals surface area contributed by atoms with E-state index >= 15 is 0 Å². The van der Waals surface area contributed by atoms with E-state index < -0.39 is 102 Å². The third kappa shape index (κ3) is 13.8. The average molecular weight is 758 g/mol. The van der Waals surface area contributed by atoms with Crippen molar-refractivity contribution in [2.24, 2.45) is 5.92 Å². The van der Waals surface area contributed by atoms with Gasteiger partial charge in [0, 0.05) is 11.1 Å². The maximum Gasteiger partial charge on any atom is 0.460 e. The summed E-state index contributed by atoms with van der Waals surface area (Å²) < 4.78 is 247. The zero-order chi connectivity index (χ0) is 39.9. The molecule has 6 nitrogen and oxygen atoms in total. The van der Waals surface area contributed by atoms with Gasteiger partial charge in [0.25, 0.3) is 0 Å². The third-order valence-electron chi connectivity index (χ3n) is 4.37. The Balaban J connectivity index is -0.000000637. The van der Waals surface area contributed by atoms with Gasteiger partial charge in [0.1, 0.15) is 0 Å². The van der Waals surface area contributed by atoms with Crippen molar-refractivity contribution in [3.8, 4) is 0 Å². The maximum absolute atomic E-state index is 12.5. The zero-order valence-electron chi connectivity index (χ0n) is 23.2. The van der Waals surface area contributed by atoms with Crippen molar-refractivity contribution >= 4 is 17.9 Å². The van der Waals surface area contributed by atoms with Gasteiger partial charge < -0.3 is 14.6 Å². The summed E-state index contributed by atoms with van der Waals surface area (Å²) in [7, 11) is 0. The summed E-state index contributed by atoms with van der Waals surface area (Å²) in [5.74, 6) is -33.0. The SMILES string of the molecule is C=C(C(=O)O)C(C(F)(F)F)C(F)(F)F.C=C(C)C(=O)OCC(F)(F)C(F)(F)C(F)(F)F.C=C(C)C(=O)OCC(F)(F)C(F)(F)C(F)(F)F. The molecular formula is C22H18F20O6. The fourth-order valence-corrected chi connectivity index (χ4v) is 1.86. The van der Waals surface area contributed by atoms with Crippen molar-refractivity contribution in [3.63, 3.8) is 0 Å². The summed E-state index contributed by atoms with van der Waals surface area (Å²) >= 11 is 0. The average Bonchev–Trinajstić information content (AvgIpc) is 2.83. The van der Waals surface area contributed by atoms with Crippen LogP contribution in [0.15, 0.2) is 36.5 Å². The standard InChI is InChI=1S/2C8H7F7O2.C6H4F6O2/c2*1-4(2)5(16)17-3-6(9,10)7(11,12)8(13,14)15;1-2(4(13)14)3(5(7,8)9)6(10,11)12/h2*1,3H2,2H3;3H,1H2,(H,13,14). The lowest BCUT2D eigenvalue weighted by atomic mass is 9.99. The van der Waals surface area contributed by atoms with E-state index in [9.17, 15) is 102 Å². The smallest absolute Gasteiger partial charge is 0.460 e. The number of hydrogen-bond donors (Lipinski definition) is 1. The molecule has 0 aliphatic heterocycles. The molecule has 1 N–H and O–H groups in total. The number of carbonyl (C=O) groups excluding carboxylic acids is 2. The second kappa shape index (κ2) is 16.1. The van der Waals surface area contributed by atoms with Gasteiger partial charge >= 0.3 is 66.3 Å². The Bertz CT molecular complexity index is 1100. The molecule has 0 aliphatic rings. The van der Waals surface area contributed by atoms with Crippen LogP contribution in [0.2, 0.25) is 0 Å². The lowest BCUT2D eigenvalue weighted by molar-refractivity contribution is -0.359.